The zero-order valence-electron chi connectivity index (χ0n) is 6.83. The van der Waals surface area contributed by atoms with E-state index in [1.54, 1.807) is 20.3 Å². The van der Waals surface area contributed by atoms with Gasteiger partial charge in [-0.25, -0.2) is 0 Å². The monoisotopic (exact) mass is 155 g/mol. The van der Waals surface area contributed by atoms with Crippen molar-refractivity contribution in [2.24, 2.45) is 5.73 Å². The van der Waals surface area contributed by atoms with Crippen molar-refractivity contribution in [1.82, 2.24) is 0 Å². The number of rotatable bonds is 2. The van der Waals surface area contributed by atoms with Crippen molar-refractivity contribution < 1.29 is 9.47 Å². The molecule has 0 saturated heterocycles. The highest BCUT2D eigenvalue weighted by Gasteiger charge is 2.27. The van der Waals surface area contributed by atoms with E-state index >= 15 is 0 Å². The van der Waals surface area contributed by atoms with E-state index in [0.29, 0.717) is 12.1 Å². The van der Waals surface area contributed by atoms with Crippen molar-refractivity contribution in [3.05, 3.63) is 23.9 Å². The topological polar surface area (TPSA) is 44.5 Å². The number of hydrogen-bond donors (Lipinski definition) is 1. The second-order valence-electron chi connectivity index (χ2n) is 2.47. The summed E-state index contributed by atoms with van der Waals surface area (Å²) in [5.74, 6) is -0.640. The Balaban J connectivity index is 2.80. The van der Waals surface area contributed by atoms with Gasteiger partial charge in [-0.05, 0) is 12.2 Å². The molecule has 1 aliphatic carbocycles. The van der Waals surface area contributed by atoms with Crippen LogP contribution in [0.25, 0.3) is 0 Å². The quantitative estimate of drug-likeness (QED) is 0.599. The number of hydrogen-bond acceptors (Lipinski definition) is 3. The molecule has 0 saturated carbocycles. The van der Waals surface area contributed by atoms with Crippen molar-refractivity contribution >= 4 is 0 Å². The maximum atomic E-state index is 5.58. The minimum atomic E-state index is -0.640. The average molecular weight is 155 g/mol. The number of ether oxygens (including phenoxy) is 2. The highest BCUT2D eigenvalue weighted by atomic mass is 16.7. The molecule has 0 heterocycles. The fourth-order valence-electron chi connectivity index (χ4n) is 1.09. The lowest BCUT2D eigenvalue weighted by Gasteiger charge is -2.28. The summed E-state index contributed by atoms with van der Waals surface area (Å²) in [6.07, 6.45) is 6.26. The summed E-state index contributed by atoms with van der Waals surface area (Å²) in [6, 6.07) is 0. The molecule has 0 aromatic carbocycles. The number of nitrogens with two attached hydrogens (primary N) is 1. The molecule has 3 nitrogen and oxygen atoms in total. The molecule has 0 unspecified atom stereocenters. The Morgan fingerprint density at radius 2 is 2.09 bits per heavy atom. The molecule has 62 valence electrons. The van der Waals surface area contributed by atoms with Gasteiger partial charge in [0.25, 0.3) is 0 Å². The second-order valence-corrected chi connectivity index (χ2v) is 2.47. The first kappa shape index (κ1) is 8.30. The van der Waals surface area contributed by atoms with Crippen molar-refractivity contribution in [2.75, 3.05) is 14.2 Å². The van der Waals surface area contributed by atoms with Crippen LogP contribution >= 0.6 is 0 Å². The Morgan fingerprint density at radius 3 is 2.45 bits per heavy atom. The predicted octanol–water partition coefficient (Wildman–Crippen LogP) is 0.778. The van der Waals surface area contributed by atoms with Gasteiger partial charge in [-0.3, -0.25) is 0 Å². The first-order valence-electron chi connectivity index (χ1n) is 3.47. The largest absolute Gasteiger partial charge is 0.399 e. The van der Waals surface area contributed by atoms with Crippen molar-refractivity contribution in [3.8, 4) is 0 Å². The van der Waals surface area contributed by atoms with Gasteiger partial charge in [-0.15, -0.1) is 0 Å². The molecule has 0 atom stereocenters. The van der Waals surface area contributed by atoms with Gasteiger partial charge in [-0.1, -0.05) is 6.08 Å². The van der Waals surface area contributed by atoms with Crippen LogP contribution in [0.2, 0.25) is 0 Å². The van der Waals surface area contributed by atoms with E-state index in [0.717, 1.165) is 0 Å². The summed E-state index contributed by atoms with van der Waals surface area (Å²) in [6.45, 7) is 0. The lowest BCUT2D eigenvalue weighted by Crippen LogP contribution is -2.33. The van der Waals surface area contributed by atoms with Gasteiger partial charge in [-0.2, -0.15) is 0 Å². The standard InChI is InChI=1S/C8H13NO2/c1-10-8(11-2)5-3-4-7(9)6-8/h3-4,6H,5,9H2,1-2H3. The van der Waals surface area contributed by atoms with E-state index in [1.165, 1.54) is 0 Å². The van der Waals surface area contributed by atoms with Crippen LogP contribution < -0.4 is 5.73 Å². The van der Waals surface area contributed by atoms with E-state index in [9.17, 15) is 0 Å². The molecule has 0 fully saturated rings. The summed E-state index contributed by atoms with van der Waals surface area (Å²) in [5, 5.41) is 0. The van der Waals surface area contributed by atoms with Gasteiger partial charge < -0.3 is 15.2 Å². The van der Waals surface area contributed by atoms with E-state index in [2.05, 4.69) is 0 Å². The van der Waals surface area contributed by atoms with Gasteiger partial charge >= 0.3 is 0 Å². The Kier molecular flexibility index (Phi) is 2.31. The molecule has 0 radical (unpaired) electrons. The number of allylic oxidation sites excluding steroid dienone is 1. The maximum Gasteiger partial charge on any atom is 0.192 e. The SMILES string of the molecule is COC1(OC)C=C(N)C=CC1. The van der Waals surface area contributed by atoms with Gasteiger partial charge in [0.1, 0.15) is 0 Å². The minimum absolute atomic E-state index is 0.640. The minimum Gasteiger partial charge on any atom is -0.399 e. The molecule has 0 aliphatic heterocycles. The molecule has 0 aromatic heterocycles. The van der Waals surface area contributed by atoms with Crippen molar-refractivity contribution in [3.63, 3.8) is 0 Å². The Bertz CT molecular complexity index is 192. The zero-order chi connectivity index (χ0) is 8.32. The molecular weight excluding hydrogens is 142 g/mol. The normalized spacial score (nSPS) is 21.5. The first-order valence-corrected chi connectivity index (χ1v) is 3.47. The summed E-state index contributed by atoms with van der Waals surface area (Å²) in [5.41, 5.74) is 6.26. The van der Waals surface area contributed by atoms with Crippen LogP contribution in [0.5, 0.6) is 0 Å². The van der Waals surface area contributed by atoms with Gasteiger partial charge in [0.05, 0.1) is 0 Å². The third kappa shape index (κ3) is 1.61. The first-order chi connectivity index (χ1) is 5.22. The third-order valence-corrected chi connectivity index (χ3v) is 1.79. The van der Waals surface area contributed by atoms with E-state index in [4.69, 9.17) is 15.2 Å². The number of methoxy groups -OCH3 is 2. The summed E-state index contributed by atoms with van der Waals surface area (Å²) in [4.78, 5) is 0. The molecular formula is C8H13NO2. The fourth-order valence-corrected chi connectivity index (χ4v) is 1.09. The molecule has 0 aromatic rings. The average Bonchev–Trinajstić information content (AvgIpc) is 2.04. The summed E-state index contributed by atoms with van der Waals surface area (Å²) < 4.78 is 10.3. The van der Waals surface area contributed by atoms with Crippen LogP contribution in [0.4, 0.5) is 0 Å². The van der Waals surface area contributed by atoms with E-state index < -0.39 is 5.79 Å². The Labute approximate surface area is 66.5 Å². The fraction of sp³-hybridized carbons (Fsp3) is 0.500. The molecule has 1 aliphatic rings. The van der Waals surface area contributed by atoms with Crippen LogP contribution in [0, 0.1) is 0 Å². The highest BCUT2D eigenvalue weighted by Crippen LogP contribution is 2.23. The van der Waals surface area contributed by atoms with Gasteiger partial charge in [0.15, 0.2) is 5.79 Å². The highest BCUT2D eigenvalue weighted by molar-refractivity contribution is 5.23. The molecule has 1 rings (SSSR count). The van der Waals surface area contributed by atoms with Crippen molar-refractivity contribution in [2.45, 2.75) is 12.2 Å². The predicted molar refractivity (Wildman–Crippen MR) is 42.8 cm³/mol. The lowest BCUT2D eigenvalue weighted by atomic mass is 10.1. The maximum absolute atomic E-state index is 5.58. The summed E-state index contributed by atoms with van der Waals surface area (Å²) in [7, 11) is 3.21. The zero-order valence-corrected chi connectivity index (χ0v) is 6.83. The Morgan fingerprint density at radius 1 is 1.45 bits per heavy atom. The van der Waals surface area contributed by atoms with Crippen LogP contribution in [-0.2, 0) is 9.47 Å². The molecule has 0 bridgehead atoms. The van der Waals surface area contributed by atoms with Crippen LogP contribution in [0.15, 0.2) is 23.9 Å². The third-order valence-electron chi connectivity index (χ3n) is 1.79. The van der Waals surface area contributed by atoms with Crippen LogP contribution in [-0.4, -0.2) is 20.0 Å². The summed E-state index contributed by atoms with van der Waals surface area (Å²) >= 11 is 0. The van der Waals surface area contributed by atoms with E-state index in [1.807, 2.05) is 12.2 Å². The Hall–Kier alpha value is -0.800. The molecule has 0 amide bonds. The smallest absolute Gasteiger partial charge is 0.192 e. The van der Waals surface area contributed by atoms with Crippen molar-refractivity contribution in [1.29, 1.82) is 0 Å². The van der Waals surface area contributed by atoms with Crippen LogP contribution in [0.3, 0.4) is 0 Å². The second kappa shape index (κ2) is 3.07. The van der Waals surface area contributed by atoms with Crippen LogP contribution in [0.1, 0.15) is 6.42 Å². The molecule has 11 heavy (non-hydrogen) atoms. The molecule has 2 N–H and O–H groups in total. The van der Waals surface area contributed by atoms with Gasteiger partial charge in [0.2, 0.25) is 0 Å². The van der Waals surface area contributed by atoms with Gasteiger partial charge in [0, 0.05) is 26.3 Å². The molecule has 0 spiro atoms. The molecule has 3 heteroatoms. The van der Waals surface area contributed by atoms with E-state index in [-0.39, 0.29) is 0 Å². The lowest BCUT2D eigenvalue weighted by molar-refractivity contribution is -0.168.